The van der Waals surface area contributed by atoms with Crippen molar-refractivity contribution in [3.05, 3.63) is 11.8 Å². The molecule has 6 nitrogen and oxygen atoms in total. The molecule has 0 fully saturated rings. The molecule has 4 N–H and O–H groups in total. The Morgan fingerprint density at radius 2 is 2.36 bits per heavy atom. The molecule has 1 unspecified atom stereocenters. The van der Waals surface area contributed by atoms with Gasteiger partial charge in [-0.25, -0.2) is 4.21 Å². The molecule has 0 heterocycles. The van der Waals surface area contributed by atoms with Gasteiger partial charge in [-0.2, -0.15) is 5.26 Å². The van der Waals surface area contributed by atoms with Crippen molar-refractivity contribution < 1.29 is 13.6 Å². The van der Waals surface area contributed by atoms with Crippen molar-refractivity contribution in [3.8, 4) is 6.07 Å². The summed E-state index contributed by atoms with van der Waals surface area (Å²) >= 11 is -2.29. The number of nitrogens with zero attached hydrogens (tertiary/aromatic N) is 1. The van der Waals surface area contributed by atoms with Gasteiger partial charge < -0.3 is 5.73 Å². The summed E-state index contributed by atoms with van der Waals surface area (Å²) in [6.45, 7) is 0. The second-order valence-electron chi connectivity index (χ2n) is 1.40. The second kappa shape index (κ2) is 4.43. The first-order valence-electron chi connectivity index (χ1n) is 2.35. The van der Waals surface area contributed by atoms with E-state index in [1.54, 1.807) is 0 Å². The summed E-state index contributed by atoms with van der Waals surface area (Å²) in [6.07, 6.45) is 0.776. The van der Waals surface area contributed by atoms with Crippen LogP contribution in [-0.2, 0) is 16.1 Å². The highest BCUT2D eigenvalue weighted by Gasteiger charge is 2.01. The minimum atomic E-state index is -2.29. The number of primary amides is 1. The van der Waals surface area contributed by atoms with Gasteiger partial charge in [0, 0.05) is 6.20 Å². The molecule has 0 aromatic carbocycles. The smallest absolute Gasteiger partial charge is 0.260 e. The Morgan fingerprint density at radius 3 is 2.64 bits per heavy atom. The van der Waals surface area contributed by atoms with Crippen LogP contribution < -0.4 is 10.5 Å². The van der Waals surface area contributed by atoms with E-state index in [-0.39, 0.29) is 0 Å². The van der Waals surface area contributed by atoms with E-state index in [9.17, 15) is 9.00 Å². The van der Waals surface area contributed by atoms with Gasteiger partial charge in [0.25, 0.3) is 17.2 Å². The number of carbonyl (C=O) groups is 1. The van der Waals surface area contributed by atoms with Crippen molar-refractivity contribution in [2.75, 3.05) is 0 Å². The first-order valence-corrected chi connectivity index (χ1v) is 3.45. The second-order valence-corrected chi connectivity index (χ2v) is 2.14. The molecule has 0 spiro atoms. The van der Waals surface area contributed by atoms with Crippen LogP contribution in [0.3, 0.4) is 0 Å². The molecule has 0 aromatic heterocycles. The lowest BCUT2D eigenvalue weighted by atomic mass is 10.3. The topological polar surface area (TPSA) is 116 Å². The minimum absolute atomic E-state index is 0.410. The molecule has 1 atom stereocenters. The van der Waals surface area contributed by atoms with Gasteiger partial charge in [-0.1, -0.05) is 0 Å². The Labute approximate surface area is 65.1 Å². The largest absolute Gasteiger partial charge is 0.365 e. The molecule has 60 valence electrons. The quantitative estimate of drug-likeness (QED) is 0.278. The maximum atomic E-state index is 10.3. The van der Waals surface area contributed by atoms with E-state index in [2.05, 4.69) is 5.73 Å². The fourth-order valence-electron chi connectivity index (χ4n) is 0.268. The fraction of sp³-hybridized carbons (Fsp3) is 0. The van der Waals surface area contributed by atoms with Gasteiger partial charge in [-0.05, 0) is 0 Å². The summed E-state index contributed by atoms with van der Waals surface area (Å²) in [7, 11) is 0. The minimum Gasteiger partial charge on any atom is -0.365 e. The van der Waals surface area contributed by atoms with Crippen LogP contribution >= 0.6 is 0 Å². The van der Waals surface area contributed by atoms with E-state index in [0.717, 1.165) is 6.20 Å². The van der Waals surface area contributed by atoms with Crippen molar-refractivity contribution >= 4 is 17.2 Å². The van der Waals surface area contributed by atoms with Crippen LogP contribution in [0.5, 0.6) is 0 Å². The zero-order chi connectivity index (χ0) is 8.85. The van der Waals surface area contributed by atoms with Crippen molar-refractivity contribution in [3.63, 3.8) is 0 Å². The lowest BCUT2D eigenvalue weighted by molar-refractivity contribution is -0.114. The van der Waals surface area contributed by atoms with E-state index in [1.807, 2.05) is 4.72 Å². The maximum absolute atomic E-state index is 10.3. The van der Waals surface area contributed by atoms with Crippen LogP contribution in [0.4, 0.5) is 0 Å². The number of nitriles is 1. The predicted molar refractivity (Wildman–Crippen MR) is 36.8 cm³/mol. The SMILES string of the molecule is N#CC(=CNS(=O)O)C(N)=O. The van der Waals surface area contributed by atoms with Gasteiger partial charge in [-0.15, -0.1) is 0 Å². The Balaban J connectivity index is 4.28. The fourth-order valence-corrected chi connectivity index (χ4v) is 0.487. The zero-order valence-corrected chi connectivity index (χ0v) is 6.09. The molecule has 0 saturated heterocycles. The number of carbonyl (C=O) groups excluding carboxylic acids is 1. The van der Waals surface area contributed by atoms with Gasteiger partial charge in [0.15, 0.2) is 0 Å². The Hall–Kier alpha value is -1.39. The number of nitrogens with one attached hydrogen (secondary N) is 1. The van der Waals surface area contributed by atoms with Crippen LogP contribution in [0.15, 0.2) is 11.8 Å². The van der Waals surface area contributed by atoms with Crippen molar-refractivity contribution in [1.82, 2.24) is 4.72 Å². The summed E-state index contributed by atoms with van der Waals surface area (Å²) in [6, 6.07) is 1.44. The van der Waals surface area contributed by atoms with E-state index in [4.69, 9.17) is 9.81 Å². The lowest BCUT2D eigenvalue weighted by Crippen LogP contribution is -2.17. The molecule has 0 saturated carbocycles. The van der Waals surface area contributed by atoms with Gasteiger partial charge >= 0.3 is 0 Å². The van der Waals surface area contributed by atoms with E-state index in [0.29, 0.717) is 0 Å². The van der Waals surface area contributed by atoms with Crippen LogP contribution in [0.2, 0.25) is 0 Å². The van der Waals surface area contributed by atoms with Gasteiger partial charge in [-0.3, -0.25) is 14.1 Å². The third-order valence-electron chi connectivity index (χ3n) is 0.690. The van der Waals surface area contributed by atoms with Crippen molar-refractivity contribution in [2.24, 2.45) is 5.73 Å². The molecule has 11 heavy (non-hydrogen) atoms. The summed E-state index contributed by atoms with van der Waals surface area (Å²) in [5.74, 6) is -0.953. The number of amides is 1. The number of nitrogens with two attached hydrogens (primary N) is 1. The first kappa shape index (κ1) is 9.61. The van der Waals surface area contributed by atoms with Crippen molar-refractivity contribution in [1.29, 1.82) is 5.26 Å². The van der Waals surface area contributed by atoms with Gasteiger partial charge in [0.1, 0.15) is 11.6 Å². The lowest BCUT2D eigenvalue weighted by Gasteiger charge is -1.91. The molecule has 7 heteroatoms. The third kappa shape index (κ3) is 4.07. The van der Waals surface area contributed by atoms with Crippen LogP contribution in [0.1, 0.15) is 0 Å². The molecule has 0 rings (SSSR count). The molecule has 1 amide bonds. The zero-order valence-electron chi connectivity index (χ0n) is 5.27. The van der Waals surface area contributed by atoms with Gasteiger partial charge in [0.05, 0.1) is 0 Å². The van der Waals surface area contributed by atoms with E-state index < -0.39 is 22.7 Å². The molecule has 0 aromatic rings. The van der Waals surface area contributed by atoms with Crippen molar-refractivity contribution in [2.45, 2.75) is 0 Å². The first-order chi connectivity index (χ1) is 5.07. The van der Waals surface area contributed by atoms with Crippen LogP contribution in [0, 0.1) is 11.3 Å². The highest BCUT2D eigenvalue weighted by Crippen LogP contribution is 1.86. The molecular formula is C4H5N3O3S. The number of hydrogen-bond acceptors (Lipinski definition) is 3. The monoisotopic (exact) mass is 175 g/mol. The van der Waals surface area contributed by atoms with Crippen LogP contribution in [-0.4, -0.2) is 14.7 Å². The van der Waals surface area contributed by atoms with Gasteiger partial charge in [0.2, 0.25) is 0 Å². The highest BCUT2D eigenvalue weighted by atomic mass is 32.2. The summed E-state index contributed by atoms with van der Waals surface area (Å²) in [5, 5.41) is 8.17. The Bertz CT molecular complexity index is 254. The summed E-state index contributed by atoms with van der Waals surface area (Å²) in [5.41, 5.74) is 4.27. The predicted octanol–water partition coefficient (Wildman–Crippen LogP) is -1.39. The molecule has 0 aliphatic heterocycles. The maximum Gasteiger partial charge on any atom is 0.260 e. The molecular weight excluding hydrogens is 170 g/mol. The van der Waals surface area contributed by atoms with E-state index >= 15 is 0 Å². The average Bonchev–Trinajstić information content (AvgIpc) is 1.87. The third-order valence-corrected chi connectivity index (χ3v) is 1.01. The Kier molecular flexibility index (Phi) is 3.87. The van der Waals surface area contributed by atoms with Crippen LogP contribution in [0.25, 0.3) is 0 Å². The summed E-state index contributed by atoms with van der Waals surface area (Å²) in [4.78, 5) is 10.3. The molecule has 0 aliphatic rings. The molecule has 0 radical (unpaired) electrons. The molecule has 0 bridgehead atoms. The standard InChI is InChI=1S/C4H5N3O3S/c5-1-3(4(6)8)2-7-11(9)10/h2,7H,(H2,6,8)(H,9,10). The normalized spacial score (nSPS) is 13.3. The number of hydrogen-bond donors (Lipinski definition) is 3. The molecule has 0 aliphatic carbocycles. The summed E-state index contributed by atoms with van der Waals surface area (Å²) < 4.78 is 19.9. The highest BCUT2D eigenvalue weighted by molar-refractivity contribution is 7.77. The van der Waals surface area contributed by atoms with E-state index in [1.165, 1.54) is 6.07 Å². The Morgan fingerprint density at radius 1 is 1.82 bits per heavy atom. The average molecular weight is 175 g/mol. The number of rotatable bonds is 3.